The summed E-state index contributed by atoms with van der Waals surface area (Å²) >= 11 is 0. The highest BCUT2D eigenvalue weighted by molar-refractivity contribution is 5.70. The highest BCUT2D eigenvalue weighted by Gasteiger charge is 2.54. The monoisotopic (exact) mass is 516 g/mol. The van der Waals surface area contributed by atoms with Crippen molar-refractivity contribution in [1.82, 2.24) is 28.9 Å². The van der Waals surface area contributed by atoms with Crippen molar-refractivity contribution in [2.75, 3.05) is 13.7 Å². The van der Waals surface area contributed by atoms with Gasteiger partial charge in [0.2, 0.25) is 0 Å². The van der Waals surface area contributed by atoms with Crippen molar-refractivity contribution in [1.29, 1.82) is 0 Å². The standard InChI is InChI=1S/C28H32N6O4/c1-17-15-34-25(29-17)22(37-5)12-21(31-34)20-13-24(35)32-16-19(6-7-23(32)30-20)18-8-11-33(28(14-18)9-10-28)26(36)38-27(2,3)4/h6-7,12-13,15-16,18H,8-11,14H2,1-5H3. The predicted molar refractivity (Wildman–Crippen MR) is 142 cm³/mol. The third kappa shape index (κ3) is 4.27. The molecule has 2 aliphatic rings. The molecule has 0 bridgehead atoms. The van der Waals surface area contributed by atoms with Crippen LogP contribution < -0.4 is 10.3 Å². The number of methoxy groups -OCH3 is 1. The van der Waals surface area contributed by atoms with E-state index in [9.17, 15) is 9.59 Å². The first-order valence-electron chi connectivity index (χ1n) is 13.0. The minimum Gasteiger partial charge on any atom is -0.493 e. The zero-order chi connectivity index (χ0) is 26.8. The molecule has 1 saturated heterocycles. The molecular weight excluding hydrogens is 484 g/mol. The summed E-state index contributed by atoms with van der Waals surface area (Å²) in [6, 6.07) is 7.19. The SMILES string of the molecule is COc1cc(-c2cc(=O)n3cc(C4CCN(C(=O)OC(C)(C)C)C5(CC5)C4)ccc3n2)nn2cc(C)nc12. The van der Waals surface area contributed by atoms with Crippen molar-refractivity contribution in [2.24, 2.45) is 0 Å². The normalized spacial score (nSPS) is 18.8. The van der Waals surface area contributed by atoms with Gasteiger partial charge in [-0.1, -0.05) is 6.07 Å². The molecule has 2 fully saturated rings. The molecular formula is C28H32N6O4. The summed E-state index contributed by atoms with van der Waals surface area (Å²) in [5.41, 5.74) is 3.23. The number of rotatable bonds is 3. The van der Waals surface area contributed by atoms with Crippen LogP contribution in [0.1, 0.15) is 63.6 Å². The summed E-state index contributed by atoms with van der Waals surface area (Å²) in [5.74, 6) is 0.817. The lowest BCUT2D eigenvalue weighted by Crippen LogP contribution is -2.49. The van der Waals surface area contributed by atoms with Gasteiger partial charge in [0.15, 0.2) is 11.4 Å². The lowest BCUT2D eigenvalue weighted by Gasteiger charge is -2.40. The third-order valence-corrected chi connectivity index (χ3v) is 7.49. The minimum atomic E-state index is -0.514. The quantitative estimate of drug-likeness (QED) is 0.398. The van der Waals surface area contributed by atoms with Crippen LogP contribution in [0.3, 0.4) is 0 Å². The number of carbonyl (C=O) groups excluding carboxylic acids is 1. The molecule has 1 aliphatic carbocycles. The Bertz CT molecular complexity index is 1630. The first-order chi connectivity index (χ1) is 18.0. The van der Waals surface area contributed by atoms with Crippen molar-refractivity contribution in [2.45, 2.75) is 70.4 Å². The molecule has 6 rings (SSSR count). The van der Waals surface area contributed by atoms with Gasteiger partial charge in [0.25, 0.3) is 5.56 Å². The van der Waals surface area contributed by atoms with Crippen LogP contribution in [0.25, 0.3) is 22.7 Å². The van der Waals surface area contributed by atoms with Gasteiger partial charge in [0.1, 0.15) is 16.9 Å². The van der Waals surface area contributed by atoms with Gasteiger partial charge in [-0.2, -0.15) is 5.10 Å². The molecule has 1 aliphatic heterocycles. The number of piperidine rings is 1. The lowest BCUT2D eigenvalue weighted by molar-refractivity contribution is 0.00371. The Hall–Kier alpha value is -3.95. The molecule has 1 unspecified atom stereocenters. The number of ether oxygens (including phenoxy) is 2. The van der Waals surface area contributed by atoms with Crippen molar-refractivity contribution in [3.63, 3.8) is 0 Å². The van der Waals surface area contributed by atoms with Gasteiger partial charge in [-0.3, -0.25) is 9.20 Å². The van der Waals surface area contributed by atoms with Crippen molar-refractivity contribution >= 4 is 17.4 Å². The highest BCUT2D eigenvalue weighted by Crippen LogP contribution is 2.52. The van der Waals surface area contributed by atoms with Crippen molar-refractivity contribution in [3.8, 4) is 17.1 Å². The molecule has 0 radical (unpaired) electrons. The average molecular weight is 517 g/mol. The molecule has 1 atom stereocenters. The van der Waals surface area contributed by atoms with Gasteiger partial charge in [-0.05, 0) is 70.9 Å². The summed E-state index contributed by atoms with van der Waals surface area (Å²) in [4.78, 5) is 37.2. The van der Waals surface area contributed by atoms with E-state index in [4.69, 9.17) is 14.5 Å². The maximum Gasteiger partial charge on any atom is 0.410 e. The Kier molecular flexibility index (Phi) is 5.48. The smallest absolute Gasteiger partial charge is 0.410 e. The predicted octanol–water partition coefficient (Wildman–Crippen LogP) is 4.37. The van der Waals surface area contributed by atoms with Crippen LogP contribution in [-0.2, 0) is 4.74 Å². The molecule has 198 valence electrons. The minimum absolute atomic E-state index is 0.137. The third-order valence-electron chi connectivity index (χ3n) is 7.49. The Morgan fingerprint density at radius 3 is 2.61 bits per heavy atom. The van der Waals surface area contributed by atoms with Crippen LogP contribution in [-0.4, -0.2) is 59.8 Å². The summed E-state index contributed by atoms with van der Waals surface area (Å²) in [7, 11) is 1.58. The summed E-state index contributed by atoms with van der Waals surface area (Å²) in [6.07, 6.45) is 7.13. The van der Waals surface area contributed by atoms with E-state index in [2.05, 4.69) is 10.1 Å². The molecule has 4 aromatic heterocycles. The number of imidazole rings is 1. The van der Waals surface area contributed by atoms with Crippen LogP contribution in [0, 0.1) is 6.92 Å². The van der Waals surface area contributed by atoms with Crippen LogP contribution in [0.5, 0.6) is 5.75 Å². The largest absolute Gasteiger partial charge is 0.493 e. The molecule has 4 aromatic rings. The number of carbonyl (C=O) groups is 1. The van der Waals surface area contributed by atoms with Gasteiger partial charge in [0, 0.05) is 30.4 Å². The van der Waals surface area contributed by atoms with E-state index in [0.29, 0.717) is 35.0 Å². The van der Waals surface area contributed by atoms with Crippen LogP contribution >= 0.6 is 0 Å². The maximum atomic E-state index is 13.2. The van der Waals surface area contributed by atoms with Crippen molar-refractivity contribution in [3.05, 3.63) is 58.3 Å². The van der Waals surface area contributed by atoms with Crippen LogP contribution in [0.2, 0.25) is 0 Å². The van der Waals surface area contributed by atoms with E-state index in [-0.39, 0.29) is 23.1 Å². The molecule has 38 heavy (non-hydrogen) atoms. The van der Waals surface area contributed by atoms with Crippen molar-refractivity contribution < 1.29 is 14.3 Å². The maximum absolute atomic E-state index is 13.2. The summed E-state index contributed by atoms with van der Waals surface area (Å²) in [6.45, 7) is 8.22. The van der Waals surface area contributed by atoms with Gasteiger partial charge in [0.05, 0.1) is 24.7 Å². The Morgan fingerprint density at radius 1 is 1.11 bits per heavy atom. The van der Waals surface area contributed by atoms with Gasteiger partial charge in [-0.25, -0.2) is 19.3 Å². The molecule has 10 nitrogen and oxygen atoms in total. The average Bonchev–Trinajstić information content (AvgIpc) is 3.50. The molecule has 1 saturated carbocycles. The van der Waals surface area contributed by atoms with E-state index in [1.54, 1.807) is 22.1 Å². The first kappa shape index (κ1) is 24.4. The van der Waals surface area contributed by atoms with E-state index >= 15 is 0 Å². The molecule has 5 heterocycles. The highest BCUT2D eigenvalue weighted by atomic mass is 16.6. The Balaban J connectivity index is 1.29. The number of pyridine rings is 1. The number of likely N-dealkylation sites (tertiary alicyclic amines) is 1. The number of hydrogen-bond donors (Lipinski definition) is 0. The molecule has 1 amide bonds. The molecule has 1 spiro atoms. The number of aromatic nitrogens is 5. The molecule has 10 heteroatoms. The van der Waals surface area contributed by atoms with Gasteiger partial charge < -0.3 is 14.4 Å². The fourth-order valence-electron chi connectivity index (χ4n) is 5.53. The lowest BCUT2D eigenvalue weighted by atomic mass is 9.84. The topological polar surface area (TPSA) is 103 Å². The van der Waals surface area contributed by atoms with E-state index in [0.717, 1.165) is 36.9 Å². The summed E-state index contributed by atoms with van der Waals surface area (Å²) < 4.78 is 14.4. The van der Waals surface area contributed by atoms with E-state index < -0.39 is 5.60 Å². The number of fused-ring (bicyclic) bond motifs is 2. The number of aryl methyl sites for hydroxylation is 1. The summed E-state index contributed by atoms with van der Waals surface area (Å²) in [5, 5.41) is 4.60. The second-order valence-corrected chi connectivity index (χ2v) is 11.5. The van der Waals surface area contributed by atoms with Crippen LogP contribution in [0.4, 0.5) is 4.79 Å². The van der Waals surface area contributed by atoms with E-state index in [1.165, 1.54) is 6.07 Å². The zero-order valence-corrected chi connectivity index (χ0v) is 22.4. The Labute approximate surface area is 220 Å². The first-order valence-corrected chi connectivity index (χ1v) is 13.0. The van der Waals surface area contributed by atoms with Crippen LogP contribution in [0.15, 0.2) is 41.5 Å². The number of amides is 1. The number of hydrogen-bond acceptors (Lipinski definition) is 7. The second-order valence-electron chi connectivity index (χ2n) is 11.5. The fourth-order valence-corrected chi connectivity index (χ4v) is 5.53. The van der Waals surface area contributed by atoms with Gasteiger partial charge in [-0.15, -0.1) is 0 Å². The molecule has 0 aromatic carbocycles. The number of nitrogens with zero attached hydrogens (tertiary/aromatic N) is 6. The second kappa shape index (κ2) is 8.54. The Morgan fingerprint density at radius 2 is 1.89 bits per heavy atom. The molecule has 0 N–H and O–H groups in total. The van der Waals surface area contributed by atoms with Gasteiger partial charge >= 0.3 is 6.09 Å². The van der Waals surface area contributed by atoms with E-state index in [1.807, 2.05) is 57.1 Å². The fraction of sp³-hybridized carbons (Fsp3) is 0.464. The zero-order valence-electron chi connectivity index (χ0n) is 22.4.